The average Bonchev–Trinajstić information content (AvgIpc) is 2.86. The smallest absolute Gasteiger partial charge is 0.124 e. The molecule has 2 rings (SSSR count). The molecule has 0 saturated carbocycles. The normalized spacial score (nSPS) is 25.2. The van der Waals surface area contributed by atoms with Gasteiger partial charge in [-0.2, -0.15) is 0 Å². The van der Waals surface area contributed by atoms with Crippen molar-refractivity contribution >= 4 is 0 Å². The molecule has 1 aromatic carbocycles. The van der Waals surface area contributed by atoms with Crippen molar-refractivity contribution in [2.24, 2.45) is 5.92 Å². The number of para-hydroxylation sites is 1. The number of ether oxygens (including phenoxy) is 1. The van der Waals surface area contributed by atoms with E-state index in [-0.39, 0.29) is 6.04 Å². The van der Waals surface area contributed by atoms with Gasteiger partial charge in [-0.05, 0) is 26.5 Å². The lowest BCUT2D eigenvalue weighted by molar-refractivity contribution is 0.296. The van der Waals surface area contributed by atoms with Crippen molar-refractivity contribution in [1.82, 2.24) is 16.2 Å². The summed E-state index contributed by atoms with van der Waals surface area (Å²) in [7, 11) is 2.01. The molecule has 4 heteroatoms. The maximum atomic E-state index is 6.03. The molecule has 21 heavy (non-hydrogen) atoms. The van der Waals surface area contributed by atoms with E-state index in [2.05, 4.69) is 54.3 Å². The Hall–Kier alpha value is -1.10. The van der Waals surface area contributed by atoms with Crippen LogP contribution in [0.5, 0.6) is 5.75 Å². The monoisotopic (exact) mass is 291 g/mol. The molecule has 1 aromatic rings. The molecule has 0 aliphatic carbocycles. The van der Waals surface area contributed by atoms with Crippen LogP contribution in [0.3, 0.4) is 0 Å². The van der Waals surface area contributed by atoms with E-state index in [4.69, 9.17) is 4.74 Å². The van der Waals surface area contributed by atoms with Gasteiger partial charge in [0.15, 0.2) is 0 Å². The van der Waals surface area contributed by atoms with Gasteiger partial charge in [0.05, 0.1) is 12.6 Å². The summed E-state index contributed by atoms with van der Waals surface area (Å²) < 4.78 is 6.03. The van der Waals surface area contributed by atoms with E-state index in [9.17, 15) is 0 Å². The van der Waals surface area contributed by atoms with Gasteiger partial charge in [-0.3, -0.25) is 5.43 Å². The highest BCUT2D eigenvalue weighted by molar-refractivity contribution is 5.37. The fourth-order valence-corrected chi connectivity index (χ4v) is 2.97. The van der Waals surface area contributed by atoms with Gasteiger partial charge < -0.3 is 10.1 Å². The molecule has 1 heterocycles. The Balaban J connectivity index is 2.07. The van der Waals surface area contributed by atoms with Gasteiger partial charge in [0.25, 0.3) is 0 Å². The van der Waals surface area contributed by atoms with Crippen molar-refractivity contribution < 1.29 is 4.74 Å². The van der Waals surface area contributed by atoms with E-state index in [1.807, 2.05) is 7.05 Å². The van der Waals surface area contributed by atoms with Gasteiger partial charge in [-0.15, -0.1) is 0 Å². The third-order valence-electron chi connectivity index (χ3n) is 4.24. The lowest BCUT2D eigenvalue weighted by atomic mass is 9.89. The minimum Gasteiger partial charge on any atom is -0.493 e. The Morgan fingerprint density at radius 3 is 2.76 bits per heavy atom. The summed E-state index contributed by atoms with van der Waals surface area (Å²) in [5.74, 6) is 1.53. The molecule has 0 amide bonds. The molecule has 3 N–H and O–H groups in total. The topological polar surface area (TPSA) is 45.3 Å². The van der Waals surface area contributed by atoms with Gasteiger partial charge >= 0.3 is 0 Å². The molecular weight excluding hydrogens is 262 g/mol. The molecule has 3 atom stereocenters. The van der Waals surface area contributed by atoms with Crippen molar-refractivity contribution in [2.45, 2.75) is 45.2 Å². The standard InChI is InChI=1S/C17H29N3O/c1-4-5-8-11-21-16-10-7-6-9-14(16)17-15(12-18-3)13(2)19-20-17/h6-7,9-10,13,15,17-20H,4-5,8,11-12H2,1-3H3. The Bertz CT molecular complexity index is 424. The van der Waals surface area contributed by atoms with E-state index in [0.29, 0.717) is 12.0 Å². The highest BCUT2D eigenvalue weighted by Gasteiger charge is 2.34. The molecule has 0 radical (unpaired) electrons. The van der Waals surface area contributed by atoms with Crippen molar-refractivity contribution in [3.63, 3.8) is 0 Å². The summed E-state index contributed by atoms with van der Waals surface area (Å²) in [6.45, 7) is 6.22. The summed E-state index contributed by atoms with van der Waals surface area (Å²) >= 11 is 0. The van der Waals surface area contributed by atoms with Crippen LogP contribution < -0.4 is 20.9 Å². The van der Waals surface area contributed by atoms with Crippen LogP contribution in [0.4, 0.5) is 0 Å². The van der Waals surface area contributed by atoms with Crippen LogP contribution in [0.2, 0.25) is 0 Å². The van der Waals surface area contributed by atoms with Gasteiger partial charge in [0, 0.05) is 24.1 Å². The Morgan fingerprint density at radius 1 is 1.19 bits per heavy atom. The first-order chi connectivity index (χ1) is 10.3. The molecular formula is C17H29N3O. The van der Waals surface area contributed by atoms with Crippen molar-refractivity contribution in [2.75, 3.05) is 20.2 Å². The summed E-state index contributed by atoms with van der Waals surface area (Å²) in [4.78, 5) is 0. The maximum Gasteiger partial charge on any atom is 0.124 e. The van der Waals surface area contributed by atoms with Crippen LogP contribution in [0.1, 0.15) is 44.7 Å². The SMILES string of the molecule is CCCCCOc1ccccc1C1NNC(C)C1CNC. The molecule has 0 aromatic heterocycles. The number of hydrogen-bond donors (Lipinski definition) is 3. The lowest BCUT2D eigenvalue weighted by Gasteiger charge is -2.23. The summed E-state index contributed by atoms with van der Waals surface area (Å²) in [5, 5.41) is 3.30. The summed E-state index contributed by atoms with van der Waals surface area (Å²) in [6.07, 6.45) is 3.57. The highest BCUT2D eigenvalue weighted by Crippen LogP contribution is 2.34. The average molecular weight is 291 g/mol. The zero-order chi connectivity index (χ0) is 15.1. The number of unbranched alkanes of at least 4 members (excludes halogenated alkanes) is 2. The minimum atomic E-state index is 0.287. The first-order valence-electron chi connectivity index (χ1n) is 8.15. The zero-order valence-electron chi connectivity index (χ0n) is 13.5. The van der Waals surface area contributed by atoms with E-state index < -0.39 is 0 Å². The van der Waals surface area contributed by atoms with Crippen molar-refractivity contribution in [3.8, 4) is 5.75 Å². The predicted octanol–water partition coefficient (Wildman–Crippen LogP) is 2.63. The first kappa shape index (κ1) is 16.3. The third kappa shape index (κ3) is 4.19. The summed E-state index contributed by atoms with van der Waals surface area (Å²) in [6, 6.07) is 9.13. The van der Waals surface area contributed by atoms with Crippen molar-refractivity contribution in [1.29, 1.82) is 0 Å². The molecule has 1 aliphatic heterocycles. The van der Waals surface area contributed by atoms with E-state index in [1.54, 1.807) is 0 Å². The molecule has 1 fully saturated rings. The van der Waals surface area contributed by atoms with E-state index in [0.717, 1.165) is 25.3 Å². The van der Waals surface area contributed by atoms with Crippen molar-refractivity contribution in [3.05, 3.63) is 29.8 Å². The Labute approximate surface area is 128 Å². The largest absolute Gasteiger partial charge is 0.493 e. The van der Waals surface area contributed by atoms with Crippen LogP contribution >= 0.6 is 0 Å². The van der Waals surface area contributed by atoms with Crippen LogP contribution in [0, 0.1) is 5.92 Å². The number of rotatable bonds is 8. The second kappa shape index (κ2) is 8.37. The zero-order valence-corrected chi connectivity index (χ0v) is 13.5. The van der Waals surface area contributed by atoms with Gasteiger partial charge in [0.2, 0.25) is 0 Å². The Morgan fingerprint density at radius 2 is 2.00 bits per heavy atom. The fraction of sp³-hybridized carbons (Fsp3) is 0.647. The molecule has 0 spiro atoms. The lowest BCUT2D eigenvalue weighted by Crippen LogP contribution is -2.31. The molecule has 0 bridgehead atoms. The van der Waals surface area contributed by atoms with E-state index in [1.165, 1.54) is 18.4 Å². The quantitative estimate of drug-likeness (QED) is 0.644. The molecule has 1 saturated heterocycles. The molecule has 1 aliphatic rings. The number of hydrazine groups is 1. The molecule has 118 valence electrons. The molecule has 3 unspecified atom stereocenters. The van der Waals surface area contributed by atoms with Crippen LogP contribution in [0.15, 0.2) is 24.3 Å². The van der Waals surface area contributed by atoms with E-state index >= 15 is 0 Å². The van der Waals surface area contributed by atoms with Gasteiger partial charge in [-0.25, -0.2) is 5.43 Å². The minimum absolute atomic E-state index is 0.287. The highest BCUT2D eigenvalue weighted by atomic mass is 16.5. The predicted molar refractivity (Wildman–Crippen MR) is 87.4 cm³/mol. The number of nitrogens with one attached hydrogen (secondary N) is 3. The summed E-state index contributed by atoms with van der Waals surface area (Å²) in [5.41, 5.74) is 8.05. The van der Waals surface area contributed by atoms with Crippen LogP contribution in [-0.2, 0) is 0 Å². The first-order valence-corrected chi connectivity index (χ1v) is 8.15. The number of benzene rings is 1. The molecule has 4 nitrogen and oxygen atoms in total. The second-order valence-corrected chi connectivity index (χ2v) is 5.87. The Kier molecular flexibility index (Phi) is 6.49. The van der Waals surface area contributed by atoms with Gasteiger partial charge in [0.1, 0.15) is 5.75 Å². The van der Waals surface area contributed by atoms with Crippen LogP contribution in [-0.4, -0.2) is 26.2 Å². The fourth-order valence-electron chi connectivity index (χ4n) is 2.97. The maximum absolute atomic E-state index is 6.03. The van der Waals surface area contributed by atoms with Gasteiger partial charge in [-0.1, -0.05) is 38.0 Å². The van der Waals surface area contributed by atoms with Crippen LogP contribution in [0.25, 0.3) is 0 Å². The second-order valence-electron chi connectivity index (χ2n) is 5.87. The number of hydrogen-bond acceptors (Lipinski definition) is 4. The third-order valence-corrected chi connectivity index (χ3v) is 4.24.